The van der Waals surface area contributed by atoms with E-state index in [0.29, 0.717) is 26.1 Å². The summed E-state index contributed by atoms with van der Waals surface area (Å²) in [7, 11) is 1.62. The molecular formula is C15H27NO4. The lowest BCUT2D eigenvalue weighted by Gasteiger charge is -2.37. The van der Waals surface area contributed by atoms with Crippen molar-refractivity contribution in [2.24, 2.45) is 5.41 Å². The third kappa shape index (κ3) is 5.12. The van der Waals surface area contributed by atoms with Gasteiger partial charge in [-0.2, -0.15) is 0 Å². The molecule has 0 aliphatic heterocycles. The van der Waals surface area contributed by atoms with Crippen LogP contribution in [-0.4, -0.2) is 48.7 Å². The van der Waals surface area contributed by atoms with Gasteiger partial charge < -0.3 is 14.7 Å². The van der Waals surface area contributed by atoms with Gasteiger partial charge in [0.1, 0.15) is 0 Å². The molecule has 20 heavy (non-hydrogen) atoms. The van der Waals surface area contributed by atoms with Crippen molar-refractivity contribution in [2.45, 2.75) is 51.9 Å². The highest BCUT2D eigenvalue weighted by atomic mass is 16.5. The molecule has 0 aromatic rings. The Morgan fingerprint density at radius 2 is 1.85 bits per heavy atom. The Kier molecular flexibility index (Phi) is 6.99. The van der Waals surface area contributed by atoms with Crippen LogP contribution < -0.4 is 0 Å². The van der Waals surface area contributed by atoms with E-state index in [0.717, 1.165) is 32.1 Å². The van der Waals surface area contributed by atoms with Crippen molar-refractivity contribution < 1.29 is 19.4 Å². The molecule has 0 aromatic carbocycles. The number of ether oxygens (including phenoxy) is 1. The minimum Gasteiger partial charge on any atom is -0.481 e. The standard InChI is InChI=1S/C15H27NO4/c1-3-16(9-10-20-2)13(17)11-15(12-14(18)19)7-5-4-6-8-15/h3-12H2,1-2H3,(H,18,19). The number of likely N-dealkylation sites (N-methyl/N-ethyl adjacent to an activating group) is 1. The van der Waals surface area contributed by atoms with Crippen LogP contribution in [0.1, 0.15) is 51.9 Å². The zero-order valence-electron chi connectivity index (χ0n) is 12.7. The molecule has 0 radical (unpaired) electrons. The summed E-state index contributed by atoms with van der Waals surface area (Å²) in [4.78, 5) is 25.3. The fourth-order valence-electron chi connectivity index (χ4n) is 3.13. The molecule has 0 bridgehead atoms. The molecule has 1 amide bonds. The van der Waals surface area contributed by atoms with Crippen molar-refractivity contribution in [3.63, 3.8) is 0 Å². The topological polar surface area (TPSA) is 66.8 Å². The SMILES string of the molecule is CCN(CCOC)C(=O)CC1(CC(=O)O)CCCCC1. The number of rotatable bonds is 8. The molecule has 5 nitrogen and oxygen atoms in total. The third-order valence-electron chi connectivity index (χ3n) is 4.27. The van der Waals surface area contributed by atoms with Crippen LogP contribution in [-0.2, 0) is 14.3 Å². The number of carboxylic acids is 1. The van der Waals surface area contributed by atoms with Crippen LogP contribution in [0.5, 0.6) is 0 Å². The van der Waals surface area contributed by atoms with Crippen LogP contribution in [0.4, 0.5) is 0 Å². The number of aliphatic carboxylic acids is 1. The molecule has 1 aliphatic carbocycles. The average molecular weight is 285 g/mol. The Morgan fingerprint density at radius 3 is 2.35 bits per heavy atom. The van der Waals surface area contributed by atoms with Gasteiger partial charge in [-0.1, -0.05) is 19.3 Å². The minimum absolute atomic E-state index is 0.0627. The van der Waals surface area contributed by atoms with Crippen LogP contribution in [0.2, 0.25) is 0 Å². The van der Waals surface area contributed by atoms with Crippen molar-refractivity contribution in [3.05, 3.63) is 0 Å². The van der Waals surface area contributed by atoms with Gasteiger partial charge in [0.25, 0.3) is 0 Å². The predicted molar refractivity (Wildman–Crippen MR) is 76.5 cm³/mol. The van der Waals surface area contributed by atoms with Crippen molar-refractivity contribution in [2.75, 3.05) is 26.8 Å². The van der Waals surface area contributed by atoms with E-state index in [-0.39, 0.29) is 17.7 Å². The van der Waals surface area contributed by atoms with Crippen LogP contribution >= 0.6 is 0 Å². The molecule has 5 heteroatoms. The molecule has 0 aromatic heterocycles. The molecule has 1 aliphatic rings. The van der Waals surface area contributed by atoms with E-state index in [1.807, 2.05) is 6.92 Å². The Bertz CT molecular complexity index is 324. The van der Waals surface area contributed by atoms with Crippen LogP contribution in [0, 0.1) is 5.41 Å². The largest absolute Gasteiger partial charge is 0.481 e. The van der Waals surface area contributed by atoms with E-state index >= 15 is 0 Å². The highest BCUT2D eigenvalue weighted by Gasteiger charge is 2.37. The van der Waals surface area contributed by atoms with Crippen LogP contribution in [0.15, 0.2) is 0 Å². The van der Waals surface area contributed by atoms with Crippen LogP contribution in [0.3, 0.4) is 0 Å². The first-order chi connectivity index (χ1) is 9.53. The highest BCUT2D eigenvalue weighted by molar-refractivity contribution is 5.78. The second-order valence-electron chi connectivity index (χ2n) is 5.77. The number of amides is 1. The van der Waals surface area contributed by atoms with Crippen LogP contribution in [0.25, 0.3) is 0 Å². The molecular weight excluding hydrogens is 258 g/mol. The van der Waals surface area contributed by atoms with Gasteiger partial charge in [0.2, 0.25) is 5.91 Å². The van der Waals surface area contributed by atoms with Crippen molar-refractivity contribution >= 4 is 11.9 Å². The molecule has 1 N–H and O–H groups in total. The van der Waals surface area contributed by atoms with Gasteiger partial charge in [-0.25, -0.2) is 0 Å². The number of hydrogen-bond acceptors (Lipinski definition) is 3. The molecule has 1 rings (SSSR count). The summed E-state index contributed by atoms with van der Waals surface area (Å²) in [5.41, 5.74) is -0.332. The molecule has 0 unspecified atom stereocenters. The summed E-state index contributed by atoms with van der Waals surface area (Å²) in [5, 5.41) is 9.14. The zero-order chi connectivity index (χ0) is 15.0. The average Bonchev–Trinajstić information content (AvgIpc) is 2.39. The second-order valence-corrected chi connectivity index (χ2v) is 5.77. The van der Waals surface area contributed by atoms with E-state index in [9.17, 15) is 9.59 Å². The lowest BCUT2D eigenvalue weighted by Crippen LogP contribution is -2.39. The summed E-state index contributed by atoms with van der Waals surface area (Å²) in [5.74, 6) is -0.729. The molecule has 0 heterocycles. The second kappa shape index (κ2) is 8.25. The molecule has 116 valence electrons. The number of carbonyl (C=O) groups excluding carboxylic acids is 1. The van der Waals surface area contributed by atoms with Gasteiger partial charge in [-0.05, 0) is 25.2 Å². The van der Waals surface area contributed by atoms with Gasteiger partial charge in [0, 0.05) is 26.6 Å². The number of carbonyl (C=O) groups is 2. The Balaban J connectivity index is 2.67. The molecule has 1 fully saturated rings. The highest BCUT2D eigenvalue weighted by Crippen LogP contribution is 2.42. The summed E-state index contributed by atoms with van der Waals surface area (Å²) in [6.07, 6.45) is 5.39. The van der Waals surface area contributed by atoms with Crippen molar-refractivity contribution in [1.82, 2.24) is 4.90 Å². The number of carboxylic acid groups (broad SMARTS) is 1. The third-order valence-corrected chi connectivity index (χ3v) is 4.27. The molecule has 1 saturated carbocycles. The quantitative estimate of drug-likeness (QED) is 0.743. The van der Waals surface area contributed by atoms with Crippen molar-refractivity contribution in [3.8, 4) is 0 Å². The maximum absolute atomic E-state index is 12.4. The summed E-state index contributed by atoms with van der Waals surface area (Å²) >= 11 is 0. The monoisotopic (exact) mass is 285 g/mol. The van der Waals surface area contributed by atoms with E-state index in [4.69, 9.17) is 9.84 Å². The Labute approximate surface area is 121 Å². The number of nitrogens with zero attached hydrogens (tertiary/aromatic N) is 1. The fourth-order valence-corrected chi connectivity index (χ4v) is 3.13. The van der Waals surface area contributed by atoms with E-state index in [2.05, 4.69) is 0 Å². The maximum atomic E-state index is 12.4. The lowest BCUT2D eigenvalue weighted by molar-refractivity contribution is -0.142. The summed E-state index contributed by atoms with van der Waals surface area (Å²) < 4.78 is 5.02. The molecule has 0 saturated heterocycles. The van der Waals surface area contributed by atoms with Gasteiger partial charge in [-0.3, -0.25) is 9.59 Å². The smallest absolute Gasteiger partial charge is 0.303 e. The maximum Gasteiger partial charge on any atom is 0.303 e. The molecule has 0 spiro atoms. The first-order valence-electron chi connectivity index (χ1n) is 7.51. The predicted octanol–water partition coefficient (Wildman–Crippen LogP) is 2.30. The molecule has 0 atom stereocenters. The number of hydrogen-bond donors (Lipinski definition) is 1. The zero-order valence-corrected chi connectivity index (χ0v) is 12.7. The normalized spacial score (nSPS) is 17.7. The van der Waals surface area contributed by atoms with Crippen molar-refractivity contribution in [1.29, 1.82) is 0 Å². The van der Waals surface area contributed by atoms with E-state index in [1.165, 1.54) is 0 Å². The van der Waals surface area contributed by atoms with Gasteiger partial charge >= 0.3 is 5.97 Å². The Morgan fingerprint density at radius 1 is 1.20 bits per heavy atom. The van der Waals surface area contributed by atoms with E-state index in [1.54, 1.807) is 12.0 Å². The summed E-state index contributed by atoms with van der Waals surface area (Å²) in [6, 6.07) is 0. The minimum atomic E-state index is -0.792. The van der Waals surface area contributed by atoms with Gasteiger partial charge in [0.05, 0.1) is 13.0 Å². The Hall–Kier alpha value is -1.10. The van der Waals surface area contributed by atoms with Gasteiger partial charge in [-0.15, -0.1) is 0 Å². The number of methoxy groups -OCH3 is 1. The first kappa shape index (κ1) is 17.0. The summed E-state index contributed by atoms with van der Waals surface area (Å²) in [6.45, 7) is 3.68. The lowest BCUT2D eigenvalue weighted by atomic mass is 9.69. The fraction of sp³-hybridized carbons (Fsp3) is 0.867. The van der Waals surface area contributed by atoms with Gasteiger partial charge in [0.15, 0.2) is 0 Å². The van der Waals surface area contributed by atoms with E-state index < -0.39 is 5.97 Å². The first-order valence-corrected chi connectivity index (χ1v) is 7.51.